The molecule has 3 nitrogen and oxygen atoms in total. The quantitative estimate of drug-likeness (QED) is 0.667. The normalized spacial score (nSPS) is 58.3. The van der Waals surface area contributed by atoms with Crippen LogP contribution in [0, 0.1) is 17.3 Å². The van der Waals surface area contributed by atoms with Crippen molar-refractivity contribution in [2.75, 3.05) is 0 Å². The van der Waals surface area contributed by atoms with Gasteiger partial charge in [-0.05, 0) is 37.5 Å². The maximum atomic E-state index is 10.7. The predicted molar refractivity (Wildman–Crippen MR) is 69.3 cm³/mol. The van der Waals surface area contributed by atoms with Crippen molar-refractivity contribution in [3.8, 4) is 0 Å². The third-order valence-electron chi connectivity index (χ3n) is 5.67. The molecule has 4 heteroatoms. The molecule has 0 unspecified atom stereocenters. The van der Waals surface area contributed by atoms with Crippen molar-refractivity contribution in [1.82, 2.24) is 0 Å². The molecule has 3 rings (SSSR count). The number of aliphatic hydroxyl groups is 2. The summed E-state index contributed by atoms with van der Waals surface area (Å²) >= 11 is 6.43. The Labute approximate surface area is 113 Å². The van der Waals surface area contributed by atoms with E-state index in [4.69, 9.17) is 16.3 Å². The van der Waals surface area contributed by atoms with Crippen LogP contribution in [-0.4, -0.2) is 33.1 Å². The molecule has 2 bridgehead atoms. The summed E-state index contributed by atoms with van der Waals surface area (Å²) in [5.41, 5.74) is -0.870. The fourth-order valence-electron chi connectivity index (χ4n) is 4.25. The van der Waals surface area contributed by atoms with Crippen LogP contribution in [0.25, 0.3) is 0 Å². The van der Waals surface area contributed by atoms with Crippen molar-refractivity contribution in [2.45, 2.75) is 69.3 Å². The average molecular weight is 275 g/mol. The third-order valence-corrected chi connectivity index (χ3v) is 6.29. The molecule has 3 fully saturated rings. The van der Waals surface area contributed by atoms with Crippen LogP contribution in [0.15, 0.2) is 0 Å². The van der Waals surface area contributed by atoms with Crippen LogP contribution >= 0.6 is 11.6 Å². The van der Waals surface area contributed by atoms with Crippen molar-refractivity contribution in [2.24, 2.45) is 17.3 Å². The van der Waals surface area contributed by atoms with E-state index in [2.05, 4.69) is 13.8 Å². The minimum Gasteiger partial charge on any atom is -0.386 e. The number of rotatable bonds is 0. The van der Waals surface area contributed by atoms with Gasteiger partial charge in [0.2, 0.25) is 0 Å². The number of alkyl halides is 1. The summed E-state index contributed by atoms with van der Waals surface area (Å²) in [6.07, 6.45) is 2.71. The number of halogens is 1. The minimum atomic E-state index is -1.05. The molecule has 2 aliphatic heterocycles. The Balaban J connectivity index is 1.95. The van der Waals surface area contributed by atoms with Crippen molar-refractivity contribution < 1.29 is 14.9 Å². The topological polar surface area (TPSA) is 49.7 Å². The van der Waals surface area contributed by atoms with Gasteiger partial charge in [-0.2, -0.15) is 0 Å². The van der Waals surface area contributed by atoms with Gasteiger partial charge < -0.3 is 14.9 Å². The van der Waals surface area contributed by atoms with Gasteiger partial charge in [-0.25, -0.2) is 0 Å². The molecule has 0 radical (unpaired) electrons. The maximum absolute atomic E-state index is 10.7. The Morgan fingerprint density at radius 2 is 1.83 bits per heavy atom. The SMILES string of the molecule is CC1(C)C[C@H]2[C@H]1C[C@H](Cl)[C@@](C)(O)[C@H]1CC[C@]2(O)O1. The van der Waals surface area contributed by atoms with Crippen LogP contribution < -0.4 is 0 Å². The second-order valence-electron chi connectivity index (χ2n) is 7.32. The summed E-state index contributed by atoms with van der Waals surface area (Å²) in [4.78, 5) is 0. The first-order chi connectivity index (χ1) is 8.17. The number of hydrogen-bond donors (Lipinski definition) is 2. The van der Waals surface area contributed by atoms with Crippen LogP contribution in [0.1, 0.15) is 46.5 Å². The number of hydrogen-bond acceptors (Lipinski definition) is 3. The van der Waals surface area contributed by atoms with E-state index in [0.29, 0.717) is 18.8 Å². The van der Waals surface area contributed by atoms with Crippen LogP contribution in [0.5, 0.6) is 0 Å². The first-order valence-electron chi connectivity index (χ1n) is 6.93. The summed E-state index contributed by atoms with van der Waals surface area (Å²) in [5, 5.41) is 21.0. The van der Waals surface area contributed by atoms with Crippen LogP contribution in [0.2, 0.25) is 0 Å². The molecule has 104 valence electrons. The van der Waals surface area contributed by atoms with E-state index in [1.54, 1.807) is 6.92 Å². The Hall–Kier alpha value is 0.170. The first kappa shape index (κ1) is 13.2. The molecule has 0 aromatic heterocycles. The van der Waals surface area contributed by atoms with Crippen molar-refractivity contribution in [3.05, 3.63) is 0 Å². The molecule has 2 N–H and O–H groups in total. The minimum absolute atomic E-state index is 0.176. The van der Waals surface area contributed by atoms with Gasteiger partial charge >= 0.3 is 0 Å². The summed E-state index contributed by atoms with van der Waals surface area (Å²) in [6, 6.07) is 0. The molecule has 3 aliphatic rings. The highest BCUT2D eigenvalue weighted by Crippen LogP contribution is 2.62. The zero-order valence-electron chi connectivity index (χ0n) is 11.3. The van der Waals surface area contributed by atoms with Crippen LogP contribution in [0.3, 0.4) is 0 Å². The van der Waals surface area contributed by atoms with Gasteiger partial charge in [-0.15, -0.1) is 11.6 Å². The van der Waals surface area contributed by atoms with E-state index in [1.165, 1.54) is 0 Å². The molecule has 1 aliphatic carbocycles. The van der Waals surface area contributed by atoms with E-state index in [0.717, 1.165) is 12.8 Å². The Kier molecular flexibility index (Phi) is 2.65. The Bertz CT molecular complexity index is 368. The van der Waals surface area contributed by atoms with Gasteiger partial charge in [-0.1, -0.05) is 13.8 Å². The molecule has 0 amide bonds. The van der Waals surface area contributed by atoms with Gasteiger partial charge in [0.15, 0.2) is 5.79 Å². The zero-order valence-corrected chi connectivity index (χ0v) is 12.1. The zero-order chi connectivity index (χ0) is 13.3. The summed E-state index contributed by atoms with van der Waals surface area (Å²) in [7, 11) is 0. The molecule has 18 heavy (non-hydrogen) atoms. The number of ether oxygens (including phenoxy) is 1. The van der Waals surface area contributed by atoms with Crippen molar-refractivity contribution in [3.63, 3.8) is 0 Å². The van der Waals surface area contributed by atoms with Gasteiger partial charge in [0.25, 0.3) is 0 Å². The lowest BCUT2D eigenvalue weighted by molar-refractivity contribution is -0.303. The highest BCUT2D eigenvalue weighted by Gasteiger charge is 2.63. The first-order valence-corrected chi connectivity index (χ1v) is 7.37. The molecule has 6 atom stereocenters. The van der Waals surface area contributed by atoms with Crippen molar-refractivity contribution in [1.29, 1.82) is 0 Å². The highest BCUT2D eigenvalue weighted by atomic mass is 35.5. The molecular weight excluding hydrogens is 252 g/mol. The fraction of sp³-hybridized carbons (Fsp3) is 1.00. The molecule has 2 saturated heterocycles. The van der Waals surface area contributed by atoms with E-state index in [-0.39, 0.29) is 22.8 Å². The average Bonchev–Trinajstić information content (AvgIpc) is 2.66. The predicted octanol–water partition coefficient (Wildman–Crippen LogP) is 2.28. The molecule has 0 aromatic carbocycles. The molecule has 2 heterocycles. The largest absolute Gasteiger partial charge is 0.386 e. The van der Waals surface area contributed by atoms with Gasteiger partial charge in [0, 0.05) is 12.3 Å². The lowest BCUT2D eigenvalue weighted by Crippen LogP contribution is -2.61. The second kappa shape index (κ2) is 3.63. The monoisotopic (exact) mass is 274 g/mol. The van der Waals surface area contributed by atoms with Crippen LogP contribution in [0.4, 0.5) is 0 Å². The second-order valence-corrected chi connectivity index (χ2v) is 7.85. The van der Waals surface area contributed by atoms with E-state index >= 15 is 0 Å². The molecule has 0 spiro atoms. The van der Waals surface area contributed by atoms with Gasteiger partial charge in [-0.3, -0.25) is 0 Å². The third kappa shape index (κ3) is 1.60. The maximum Gasteiger partial charge on any atom is 0.169 e. The lowest BCUT2D eigenvalue weighted by Gasteiger charge is -2.58. The molecular formula is C14H23ClO3. The van der Waals surface area contributed by atoms with E-state index in [1.807, 2.05) is 0 Å². The van der Waals surface area contributed by atoms with Crippen LogP contribution in [-0.2, 0) is 4.74 Å². The standard InChI is InChI=1S/C14H23ClO3/c1-12(2)7-9-8(12)6-10(15)13(3,16)11-4-5-14(9,17)18-11/h8-11,16-17H,4-7H2,1-3H3/t8-,9+,10+,11-,13-,14+/m1/s1. The summed E-state index contributed by atoms with van der Waals surface area (Å²) in [5.74, 6) is -0.531. The molecule has 0 aromatic rings. The van der Waals surface area contributed by atoms with E-state index in [9.17, 15) is 10.2 Å². The summed E-state index contributed by atoms with van der Waals surface area (Å²) < 4.78 is 5.82. The number of fused-ring (bicyclic) bond motifs is 4. The summed E-state index contributed by atoms with van der Waals surface area (Å²) in [6.45, 7) is 6.17. The fourth-order valence-corrected chi connectivity index (χ4v) is 4.58. The Morgan fingerprint density at radius 1 is 1.17 bits per heavy atom. The van der Waals surface area contributed by atoms with Gasteiger partial charge in [0.1, 0.15) is 5.60 Å². The molecule has 1 saturated carbocycles. The highest BCUT2D eigenvalue weighted by molar-refractivity contribution is 6.21. The van der Waals surface area contributed by atoms with Gasteiger partial charge in [0.05, 0.1) is 11.5 Å². The van der Waals surface area contributed by atoms with E-state index < -0.39 is 11.4 Å². The lowest BCUT2D eigenvalue weighted by atomic mass is 9.51. The van der Waals surface area contributed by atoms with Crippen molar-refractivity contribution >= 4 is 11.6 Å². The Morgan fingerprint density at radius 3 is 2.44 bits per heavy atom. The smallest absolute Gasteiger partial charge is 0.169 e.